The van der Waals surface area contributed by atoms with Crippen molar-refractivity contribution in [3.05, 3.63) is 29.3 Å². The summed E-state index contributed by atoms with van der Waals surface area (Å²) in [5.74, 6) is 1.08. The number of aryl methyl sites for hydroxylation is 2. The lowest BCUT2D eigenvalue weighted by atomic mass is 10.1. The summed E-state index contributed by atoms with van der Waals surface area (Å²) in [6, 6.07) is 6.33. The Hall–Kier alpha value is -1.02. The summed E-state index contributed by atoms with van der Waals surface area (Å²) in [5.41, 5.74) is 2.49. The molecule has 0 saturated heterocycles. The summed E-state index contributed by atoms with van der Waals surface area (Å²) in [4.78, 5) is 0. The lowest BCUT2D eigenvalue weighted by Gasteiger charge is -2.11. The van der Waals surface area contributed by atoms with Gasteiger partial charge in [-0.2, -0.15) is 0 Å². The Balaban J connectivity index is 2.00. The topological polar surface area (TPSA) is 25.8 Å². The van der Waals surface area contributed by atoms with E-state index < -0.39 is 0 Å². The number of rotatable bonds is 11. The van der Waals surface area contributed by atoms with Crippen LogP contribution in [0.1, 0.15) is 56.6 Å². The summed E-state index contributed by atoms with van der Waals surface area (Å²) in [5, 5.41) is 2.46. The van der Waals surface area contributed by atoms with Crippen LogP contribution < -0.4 is 10.1 Å². The molecule has 0 atom stereocenters. The molecule has 0 aliphatic rings. The predicted molar refractivity (Wildman–Crippen MR) is 86.4 cm³/mol. The van der Waals surface area contributed by atoms with E-state index in [1.807, 2.05) is 0 Å². The predicted octanol–water partition coefficient (Wildman–Crippen LogP) is 3.61. The third-order valence-electron chi connectivity index (χ3n) is 3.72. The molecular formula is C18H32NO+. The Morgan fingerprint density at radius 1 is 0.900 bits per heavy atom. The second-order valence-electron chi connectivity index (χ2n) is 5.70. The van der Waals surface area contributed by atoms with Crippen LogP contribution in [0, 0.1) is 13.8 Å². The molecule has 2 heteroatoms. The number of hydrogen-bond acceptors (Lipinski definition) is 1. The molecule has 1 aromatic carbocycles. The van der Waals surface area contributed by atoms with E-state index in [-0.39, 0.29) is 0 Å². The van der Waals surface area contributed by atoms with Crippen LogP contribution in [0.25, 0.3) is 0 Å². The molecule has 0 heterocycles. The molecule has 2 nitrogen and oxygen atoms in total. The molecule has 1 aromatic rings. The normalized spacial score (nSPS) is 10.8. The molecule has 0 amide bonds. The third kappa shape index (κ3) is 6.95. The molecule has 1 rings (SSSR count). The summed E-state index contributed by atoms with van der Waals surface area (Å²) in [7, 11) is 0. The van der Waals surface area contributed by atoms with Crippen molar-refractivity contribution in [2.75, 3.05) is 19.7 Å². The van der Waals surface area contributed by atoms with Crippen LogP contribution in [0.2, 0.25) is 0 Å². The first kappa shape index (κ1) is 17.0. The molecule has 0 aliphatic carbocycles. The second kappa shape index (κ2) is 10.7. The highest BCUT2D eigenvalue weighted by Crippen LogP contribution is 2.22. The molecule has 0 fully saturated rings. The number of para-hydroxylation sites is 1. The second-order valence-corrected chi connectivity index (χ2v) is 5.70. The molecule has 0 unspecified atom stereocenters. The van der Waals surface area contributed by atoms with Crippen molar-refractivity contribution in [3.63, 3.8) is 0 Å². The maximum atomic E-state index is 5.92. The summed E-state index contributed by atoms with van der Waals surface area (Å²) < 4.78 is 5.92. The minimum Gasteiger partial charge on any atom is -0.493 e. The van der Waals surface area contributed by atoms with E-state index in [9.17, 15) is 0 Å². The van der Waals surface area contributed by atoms with Crippen molar-refractivity contribution < 1.29 is 10.1 Å². The fraction of sp³-hybridized carbons (Fsp3) is 0.667. The van der Waals surface area contributed by atoms with E-state index in [1.165, 1.54) is 62.7 Å². The quantitative estimate of drug-likeness (QED) is 0.615. The van der Waals surface area contributed by atoms with Gasteiger partial charge < -0.3 is 10.1 Å². The van der Waals surface area contributed by atoms with E-state index in [0.29, 0.717) is 0 Å². The maximum absolute atomic E-state index is 5.92. The first-order valence-corrected chi connectivity index (χ1v) is 8.26. The van der Waals surface area contributed by atoms with Gasteiger partial charge in [0, 0.05) is 0 Å². The van der Waals surface area contributed by atoms with Crippen LogP contribution in [0.4, 0.5) is 0 Å². The SMILES string of the molecule is CCCC[NH2+]CCCCCCOc1c(C)cccc1C. The molecule has 114 valence electrons. The number of quaternary nitrogens is 1. The van der Waals surface area contributed by atoms with E-state index in [1.54, 1.807) is 0 Å². The van der Waals surface area contributed by atoms with Gasteiger partial charge in [0.05, 0.1) is 19.7 Å². The van der Waals surface area contributed by atoms with Gasteiger partial charge in [0.1, 0.15) is 5.75 Å². The van der Waals surface area contributed by atoms with Gasteiger partial charge in [0.25, 0.3) is 0 Å². The Kier molecular flexibility index (Phi) is 9.14. The molecule has 0 aliphatic heterocycles. The lowest BCUT2D eigenvalue weighted by Crippen LogP contribution is -2.84. The number of benzene rings is 1. The van der Waals surface area contributed by atoms with Gasteiger partial charge in [-0.05, 0) is 57.1 Å². The molecule has 20 heavy (non-hydrogen) atoms. The molecule has 0 aromatic heterocycles. The monoisotopic (exact) mass is 278 g/mol. The Morgan fingerprint density at radius 3 is 2.25 bits per heavy atom. The summed E-state index contributed by atoms with van der Waals surface area (Å²) in [6.45, 7) is 9.93. The van der Waals surface area contributed by atoms with Crippen LogP contribution in [-0.2, 0) is 0 Å². The zero-order valence-corrected chi connectivity index (χ0v) is 13.6. The highest BCUT2D eigenvalue weighted by Gasteiger charge is 2.02. The first-order valence-electron chi connectivity index (χ1n) is 8.26. The van der Waals surface area contributed by atoms with Gasteiger partial charge in [-0.25, -0.2) is 0 Å². The van der Waals surface area contributed by atoms with Crippen molar-refractivity contribution in [2.45, 2.75) is 59.3 Å². The third-order valence-corrected chi connectivity index (χ3v) is 3.72. The van der Waals surface area contributed by atoms with Gasteiger partial charge in [0.2, 0.25) is 0 Å². The largest absolute Gasteiger partial charge is 0.493 e. The van der Waals surface area contributed by atoms with Crippen molar-refractivity contribution >= 4 is 0 Å². The molecule has 0 saturated carbocycles. The smallest absolute Gasteiger partial charge is 0.125 e. The fourth-order valence-electron chi connectivity index (χ4n) is 2.44. The van der Waals surface area contributed by atoms with Crippen molar-refractivity contribution in [2.24, 2.45) is 0 Å². The van der Waals surface area contributed by atoms with Crippen molar-refractivity contribution in [3.8, 4) is 5.75 Å². The van der Waals surface area contributed by atoms with E-state index in [2.05, 4.69) is 44.3 Å². The number of ether oxygens (including phenoxy) is 1. The molecule has 0 spiro atoms. The highest BCUT2D eigenvalue weighted by molar-refractivity contribution is 5.39. The van der Waals surface area contributed by atoms with Gasteiger partial charge in [0.15, 0.2) is 0 Å². The standard InChI is InChI=1S/C18H31NO/c1-4-5-13-19-14-8-6-7-9-15-20-18-16(2)11-10-12-17(18)3/h10-12,19H,4-9,13-15H2,1-3H3/p+1. The molecular weight excluding hydrogens is 246 g/mol. The Morgan fingerprint density at radius 2 is 1.55 bits per heavy atom. The minimum absolute atomic E-state index is 0.852. The average Bonchev–Trinajstić information content (AvgIpc) is 2.43. The number of unbranched alkanes of at least 4 members (excludes halogenated alkanes) is 4. The number of hydrogen-bond donors (Lipinski definition) is 1. The number of nitrogens with two attached hydrogens (primary N) is 1. The van der Waals surface area contributed by atoms with Crippen LogP contribution in [0.3, 0.4) is 0 Å². The van der Waals surface area contributed by atoms with Crippen LogP contribution in [0.15, 0.2) is 18.2 Å². The van der Waals surface area contributed by atoms with Crippen molar-refractivity contribution in [1.29, 1.82) is 0 Å². The van der Waals surface area contributed by atoms with E-state index in [0.717, 1.165) is 12.4 Å². The van der Waals surface area contributed by atoms with Gasteiger partial charge in [-0.3, -0.25) is 0 Å². The molecule has 0 radical (unpaired) electrons. The Bertz CT molecular complexity index is 342. The van der Waals surface area contributed by atoms with Crippen LogP contribution in [0.5, 0.6) is 5.75 Å². The van der Waals surface area contributed by atoms with Gasteiger partial charge >= 0.3 is 0 Å². The molecule has 2 N–H and O–H groups in total. The van der Waals surface area contributed by atoms with Crippen molar-refractivity contribution in [1.82, 2.24) is 0 Å². The summed E-state index contributed by atoms with van der Waals surface area (Å²) in [6.07, 6.45) is 7.79. The average molecular weight is 278 g/mol. The first-order chi connectivity index (χ1) is 9.75. The van der Waals surface area contributed by atoms with Crippen LogP contribution >= 0.6 is 0 Å². The van der Waals surface area contributed by atoms with Gasteiger partial charge in [-0.1, -0.05) is 31.5 Å². The van der Waals surface area contributed by atoms with Gasteiger partial charge in [-0.15, -0.1) is 0 Å². The van der Waals surface area contributed by atoms with Crippen LogP contribution in [-0.4, -0.2) is 19.7 Å². The van der Waals surface area contributed by atoms with E-state index in [4.69, 9.17) is 4.74 Å². The minimum atomic E-state index is 0.852. The fourth-order valence-corrected chi connectivity index (χ4v) is 2.44. The lowest BCUT2D eigenvalue weighted by molar-refractivity contribution is -0.655. The summed E-state index contributed by atoms with van der Waals surface area (Å²) >= 11 is 0. The highest BCUT2D eigenvalue weighted by atomic mass is 16.5. The molecule has 0 bridgehead atoms. The zero-order chi connectivity index (χ0) is 14.6. The Labute approximate surface area is 124 Å². The zero-order valence-electron chi connectivity index (χ0n) is 13.6. The van der Waals surface area contributed by atoms with E-state index >= 15 is 0 Å². The maximum Gasteiger partial charge on any atom is 0.125 e.